The third kappa shape index (κ3) is 2.81. The van der Waals surface area contributed by atoms with Crippen LogP contribution in [0.25, 0.3) is 0 Å². The summed E-state index contributed by atoms with van der Waals surface area (Å²) in [7, 11) is 0. The molecule has 0 heterocycles. The molecule has 2 aliphatic carbocycles. The molecule has 142 valence electrons. The second-order valence-electron chi connectivity index (χ2n) is 6.94. The van der Waals surface area contributed by atoms with Crippen LogP contribution in [0.1, 0.15) is 38.2 Å². The van der Waals surface area contributed by atoms with Crippen molar-refractivity contribution in [1.82, 2.24) is 0 Å². The smallest absolute Gasteiger partial charge is 0.189 e. The molecule has 2 aliphatic rings. The molecule has 6 heteroatoms. The van der Waals surface area contributed by atoms with Gasteiger partial charge in [0, 0.05) is 11.5 Å². The highest BCUT2D eigenvalue weighted by molar-refractivity contribution is 6.01. The number of ether oxygens (including phenoxy) is 2. The maximum Gasteiger partial charge on any atom is 0.189 e. The maximum absolute atomic E-state index is 10.1. The van der Waals surface area contributed by atoms with E-state index in [4.69, 9.17) is 14.9 Å². The Bertz CT molecular complexity index is 931. The van der Waals surface area contributed by atoms with Crippen LogP contribution in [-0.4, -0.2) is 18.9 Å². The van der Waals surface area contributed by atoms with Crippen molar-refractivity contribution in [2.45, 2.75) is 32.6 Å². The molecule has 0 bridgehead atoms. The van der Waals surface area contributed by atoms with E-state index in [1.165, 1.54) is 0 Å². The van der Waals surface area contributed by atoms with E-state index < -0.39 is 17.3 Å². The fourth-order valence-electron chi connectivity index (χ4n) is 4.49. The Morgan fingerprint density at radius 3 is 2.46 bits per heavy atom. The first-order valence-corrected chi connectivity index (χ1v) is 9.48. The Morgan fingerprint density at radius 1 is 1.14 bits per heavy atom. The van der Waals surface area contributed by atoms with Crippen LogP contribution in [0.15, 0.2) is 29.8 Å². The fraction of sp³-hybridized carbons (Fsp3) is 0.455. The van der Waals surface area contributed by atoms with Crippen molar-refractivity contribution in [3.8, 4) is 29.7 Å². The molecule has 0 spiro atoms. The van der Waals surface area contributed by atoms with Gasteiger partial charge in [-0.05, 0) is 56.4 Å². The van der Waals surface area contributed by atoms with Crippen LogP contribution in [0.5, 0.6) is 11.5 Å². The lowest BCUT2D eigenvalue weighted by Gasteiger charge is -2.43. The number of nitrogens with zero attached hydrogens (tertiary/aromatic N) is 3. The Kier molecular flexibility index (Phi) is 5.39. The van der Waals surface area contributed by atoms with Gasteiger partial charge in [-0.1, -0.05) is 6.08 Å². The van der Waals surface area contributed by atoms with E-state index in [2.05, 4.69) is 18.2 Å². The molecule has 1 N–H and O–H groups in total. The van der Waals surface area contributed by atoms with Crippen LogP contribution >= 0.6 is 0 Å². The van der Waals surface area contributed by atoms with Crippen LogP contribution in [0.3, 0.4) is 0 Å². The third-order valence-corrected chi connectivity index (χ3v) is 5.61. The molecule has 1 aromatic rings. The zero-order valence-electron chi connectivity index (χ0n) is 16.0. The van der Waals surface area contributed by atoms with Crippen LogP contribution in [-0.2, 0) is 0 Å². The first kappa shape index (κ1) is 19.5. The number of fused-ring (bicyclic) bond motifs is 1. The van der Waals surface area contributed by atoms with Gasteiger partial charge in [0.25, 0.3) is 0 Å². The fourth-order valence-corrected chi connectivity index (χ4v) is 4.49. The summed E-state index contributed by atoms with van der Waals surface area (Å²) in [6.07, 6.45) is 3.50. The van der Waals surface area contributed by atoms with Crippen molar-refractivity contribution in [2.75, 3.05) is 13.2 Å². The van der Waals surface area contributed by atoms with E-state index in [1.807, 2.05) is 26.0 Å². The minimum Gasteiger partial charge on any atom is -0.494 e. The van der Waals surface area contributed by atoms with Gasteiger partial charge < -0.3 is 14.9 Å². The maximum atomic E-state index is 10.1. The predicted molar refractivity (Wildman–Crippen MR) is 103 cm³/mol. The lowest BCUT2D eigenvalue weighted by molar-refractivity contribution is 0.303. The highest BCUT2D eigenvalue weighted by Gasteiger charge is 2.58. The number of benzene rings is 1. The van der Waals surface area contributed by atoms with Gasteiger partial charge in [0.1, 0.15) is 17.4 Å². The molecule has 1 fully saturated rings. The van der Waals surface area contributed by atoms with Crippen molar-refractivity contribution in [2.24, 2.45) is 17.3 Å². The summed E-state index contributed by atoms with van der Waals surface area (Å²) in [5.74, 6) is -0.360. The van der Waals surface area contributed by atoms with Gasteiger partial charge >= 0.3 is 0 Å². The van der Waals surface area contributed by atoms with Crippen LogP contribution in [0.2, 0.25) is 0 Å². The van der Waals surface area contributed by atoms with Gasteiger partial charge in [0.15, 0.2) is 5.41 Å². The Morgan fingerprint density at radius 2 is 1.86 bits per heavy atom. The Labute approximate surface area is 165 Å². The Balaban J connectivity index is 2.26. The number of nitrogens with one attached hydrogen (secondary N) is 1. The number of allylic oxidation sites excluding steroid dienone is 2. The summed E-state index contributed by atoms with van der Waals surface area (Å²) in [4.78, 5) is 0. The molecule has 6 nitrogen and oxygen atoms in total. The molecule has 0 unspecified atom stereocenters. The monoisotopic (exact) mass is 374 g/mol. The lowest BCUT2D eigenvalue weighted by Crippen LogP contribution is -2.47. The summed E-state index contributed by atoms with van der Waals surface area (Å²) in [5, 5.41) is 38.4. The number of rotatable bonds is 5. The number of hydrogen-bond donors (Lipinski definition) is 1. The van der Waals surface area contributed by atoms with Crippen LogP contribution < -0.4 is 9.47 Å². The average molecular weight is 374 g/mol. The molecule has 0 aromatic heterocycles. The minimum atomic E-state index is -1.72. The lowest BCUT2D eigenvalue weighted by atomic mass is 9.55. The van der Waals surface area contributed by atoms with Gasteiger partial charge in [0.2, 0.25) is 0 Å². The molecule has 3 atom stereocenters. The van der Waals surface area contributed by atoms with E-state index in [0.29, 0.717) is 30.3 Å². The molecular formula is C22H22N4O2. The van der Waals surface area contributed by atoms with E-state index in [0.717, 1.165) is 18.4 Å². The van der Waals surface area contributed by atoms with E-state index in [-0.39, 0.29) is 11.6 Å². The van der Waals surface area contributed by atoms with Crippen molar-refractivity contribution in [3.05, 3.63) is 35.4 Å². The molecule has 1 saturated carbocycles. The largest absolute Gasteiger partial charge is 0.494 e. The van der Waals surface area contributed by atoms with Gasteiger partial charge in [-0.3, -0.25) is 0 Å². The SMILES string of the molecule is CCOc1ccc(OCC)c([C@@H]2[C@H]3CCC=C3[C@H](C#N)C(=N)C2(C#N)C#N)c1. The quantitative estimate of drug-likeness (QED) is 0.779. The van der Waals surface area contributed by atoms with Gasteiger partial charge in [-0.15, -0.1) is 0 Å². The van der Waals surface area contributed by atoms with Gasteiger partial charge in [-0.2, -0.15) is 15.8 Å². The number of hydrogen-bond acceptors (Lipinski definition) is 6. The van der Waals surface area contributed by atoms with Gasteiger partial charge in [0.05, 0.1) is 37.1 Å². The van der Waals surface area contributed by atoms with Crippen LogP contribution in [0.4, 0.5) is 0 Å². The summed E-state index contributed by atoms with van der Waals surface area (Å²) in [6.45, 7) is 4.68. The topological polar surface area (TPSA) is 114 Å². The molecule has 3 rings (SSSR count). The second-order valence-corrected chi connectivity index (χ2v) is 6.94. The predicted octanol–water partition coefficient (Wildman–Crippen LogP) is 4.11. The second kappa shape index (κ2) is 7.75. The summed E-state index contributed by atoms with van der Waals surface area (Å²) >= 11 is 0. The summed E-state index contributed by atoms with van der Waals surface area (Å²) in [5.41, 5.74) is -0.319. The third-order valence-electron chi connectivity index (χ3n) is 5.61. The summed E-state index contributed by atoms with van der Waals surface area (Å²) < 4.78 is 11.5. The highest BCUT2D eigenvalue weighted by atomic mass is 16.5. The first-order valence-electron chi connectivity index (χ1n) is 9.48. The van der Waals surface area contributed by atoms with Crippen molar-refractivity contribution in [1.29, 1.82) is 21.2 Å². The normalized spacial score (nSPS) is 24.9. The molecular weight excluding hydrogens is 352 g/mol. The standard InChI is InChI=1S/C22H22N4O2/c1-3-27-14-8-9-19(28-4-2)17(10-14)20-16-7-5-6-15(16)18(11-23)21(26)22(20,12-24)13-25/h6,8-10,16,18,20,26H,3-5,7H2,1-2H3/t16-,18-,20-/m0/s1. The molecule has 28 heavy (non-hydrogen) atoms. The minimum absolute atomic E-state index is 0.140. The Hall–Kier alpha value is -3.30. The molecule has 1 aromatic carbocycles. The average Bonchev–Trinajstić information content (AvgIpc) is 3.18. The molecule has 0 saturated heterocycles. The van der Waals surface area contributed by atoms with Crippen LogP contribution in [0, 0.1) is 56.7 Å². The van der Waals surface area contributed by atoms with Crippen molar-refractivity contribution < 1.29 is 9.47 Å². The van der Waals surface area contributed by atoms with Gasteiger partial charge in [-0.25, -0.2) is 0 Å². The van der Waals surface area contributed by atoms with Crippen molar-refractivity contribution >= 4 is 5.71 Å². The van der Waals surface area contributed by atoms with E-state index in [9.17, 15) is 15.8 Å². The molecule has 0 amide bonds. The highest BCUT2D eigenvalue weighted by Crippen LogP contribution is 2.57. The number of nitriles is 3. The first-order chi connectivity index (χ1) is 13.6. The summed E-state index contributed by atoms with van der Waals surface area (Å²) in [6, 6.07) is 11.8. The molecule has 0 aliphatic heterocycles. The zero-order chi connectivity index (χ0) is 20.3. The van der Waals surface area contributed by atoms with E-state index >= 15 is 0 Å². The van der Waals surface area contributed by atoms with E-state index in [1.54, 1.807) is 12.1 Å². The molecule has 0 radical (unpaired) electrons. The van der Waals surface area contributed by atoms with Crippen molar-refractivity contribution in [3.63, 3.8) is 0 Å². The zero-order valence-corrected chi connectivity index (χ0v) is 16.0.